The van der Waals surface area contributed by atoms with E-state index in [0.717, 1.165) is 0 Å². The Morgan fingerprint density at radius 2 is 1.73 bits per heavy atom. The molecule has 4 rings (SSSR count). The van der Waals surface area contributed by atoms with Gasteiger partial charge in [0, 0.05) is 43.3 Å². The number of nitrogens with one attached hydrogen (secondary N) is 3. The van der Waals surface area contributed by atoms with Crippen LogP contribution in [0.2, 0.25) is 0 Å². The third-order valence-corrected chi connectivity index (χ3v) is 5.08. The van der Waals surface area contributed by atoms with Crippen molar-refractivity contribution in [1.29, 1.82) is 10.5 Å². The summed E-state index contributed by atoms with van der Waals surface area (Å²) in [6.07, 6.45) is 4.44. The normalized spacial score (nSPS) is 10.5. The maximum absolute atomic E-state index is 11.2. The second kappa shape index (κ2) is 10.7. The maximum atomic E-state index is 11.2. The molecule has 4 aromatic rings. The van der Waals surface area contributed by atoms with Crippen molar-refractivity contribution in [3.8, 4) is 18.1 Å². The first-order chi connectivity index (χ1) is 17.9. The van der Waals surface area contributed by atoms with E-state index in [1.165, 1.54) is 17.8 Å². The first kappa shape index (κ1) is 24.4. The van der Waals surface area contributed by atoms with E-state index in [0.29, 0.717) is 34.3 Å². The van der Waals surface area contributed by atoms with Gasteiger partial charge in [0.25, 0.3) is 5.95 Å². The Morgan fingerprint density at radius 1 is 1.03 bits per heavy atom. The van der Waals surface area contributed by atoms with Gasteiger partial charge >= 0.3 is 0 Å². The summed E-state index contributed by atoms with van der Waals surface area (Å²) in [7, 11) is 1.67. The van der Waals surface area contributed by atoms with Crippen molar-refractivity contribution in [2.75, 3.05) is 23.0 Å². The van der Waals surface area contributed by atoms with Crippen molar-refractivity contribution in [2.24, 2.45) is 10.2 Å². The largest absolute Gasteiger partial charge is 0.371 e. The topological polar surface area (TPSA) is 182 Å². The molecular formula is C24H20N12O. The highest BCUT2D eigenvalue weighted by atomic mass is 16.1. The van der Waals surface area contributed by atoms with Gasteiger partial charge in [-0.1, -0.05) is 0 Å². The number of nitrogens with zero attached hydrogens (tertiary/aromatic N) is 9. The summed E-state index contributed by atoms with van der Waals surface area (Å²) in [5.41, 5.74) is 2.58. The molecule has 3 N–H and O–H groups in total. The van der Waals surface area contributed by atoms with Gasteiger partial charge in [0.1, 0.15) is 23.4 Å². The number of azo groups is 1. The number of nitriles is 2. The van der Waals surface area contributed by atoms with Gasteiger partial charge in [0.15, 0.2) is 17.5 Å². The third kappa shape index (κ3) is 5.21. The first-order valence-corrected chi connectivity index (χ1v) is 10.9. The molecule has 1 aromatic carbocycles. The zero-order valence-electron chi connectivity index (χ0n) is 20.1. The minimum absolute atomic E-state index is 0.134. The van der Waals surface area contributed by atoms with Crippen molar-refractivity contribution >= 4 is 40.4 Å². The molecule has 13 nitrogen and oxygen atoms in total. The predicted molar refractivity (Wildman–Crippen MR) is 135 cm³/mol. The number of carbonyl (C=O) groups is 1. The van der Waals surface area contributed by atoms with Crippen LogP contribution in [0.15, 0.2) is 59.2 Å². The average Bonchev–Trinajstić information content (AvgIpc) is 3.32. The molecule has 0 aliphatic rings. The summed E-state index contributed by atoms with van der Waals surface area (Å²) >= 11 is 0. The lowest BCUT2D eigenvalue weighted by molar-refractivity contribution is -0.114. The number of anilines is 4. The van der Waals surface area contributed by atoms with Crippen molar-refractivity contribution in [1.82, 2.24) is 24.7 Å². The number of amides is 1. The number of pyridine rings is 1. The predicted octanol–water partition coefficient (Wildman–Crippen LogP) is 4.27. The lowest BCUT2D eigenvalue weighted by Gasteiger charge is -2.14. The fourth-order valence-electron chi connectivity index (χ4n) is 3.36. The molecule has 182 valence electrons. The quantitative estimate of drug-likeness (QED) is 0.317. The van der Waals surface area contributed by atoms with Crippen molar-refractivity contribution in [3.05, 3.63) is 65.6 Å². The Labute approximate surface area is 211 Å². The molecule has 0 unspecified atom stereocenters. The van der Waals surface area contributed by atoms with E-state index in [-0.39, 0.29) is 28.8 Å². The molecule has 3 aromatic heterocycles. The summed E-state index contributed by atoms with van der Waals surface area (Å²) in [4.78, 5) is 24.1. The van der Waals surface area contributed by atoms with Gasteiger partial charge in [-0.25, -0.2) is 15.0 Å². The van der Waals surface area contributed by atoms with Crippen molar-refractivity contribution in [3.63, 3.8) is 0 Å². The van der Waals surface area contributed by atoms with Crippen LogP contribution in [-0.2, 0) is 4.79 Å². The van der Waals surface area contributed by atoms with Crippen LogP contribution >= 0.6 is 0 Å². The molecule has 3 heterocycles. The number of rotatable bonds is 7. The summed E-state index contributed by atoms with van der Waals surface area (Å²) in [6, 6.07) is 12.8. The lowest BCUT2D eigenvalue weighted by Crippen LogP contribution is -2.06. The molecule has 13 heteroatoms. The molecule has 0 aliphatic carbocycles. The van der Waals surface area contributed by atoms with Crippen LogP contribution in [0.3, 0.4) is 0 Å². The number of hydrogen-bond donors (Lipinski definition) is 3. The van der Waals surface area contributed by atoms with Crippen LogP contribution in [0.1, 0.15) is 23.6 Å². The van der Waals surface area contributed by atoms with E-state index in [1.807, 2.05) is 6.07 Å². The SMILES string of the molecule is CNc1nc(Nc2ccc(NC(C)=O)cc2)c(C#N)c(C)c1N=Nc1c(C#N)cnn1-c1ncccn1. The Kier molecular flexibility index (Phi) is 7.07. The highest BCUT2D eigenvalue weighted by Gasteiger charge is 2.19. The fraction of sp³-hybridized carbons (Fsp3) is 0.125. The van der Waals surface area contributed by atoms with Crippen molar-refractivity contribution < 1.29 is 4.79 Å². The molecule has 0 spiro atoms. The van der Waals surface area contributed by atoms with E-state index in [9.17, 15) is 15.3 Å². The molecule has 0 saturated carbocycles. The fourth-order valence-corrected chi connectivity index (χ4v) is 3.36. The smallest absolute Gasteiger partial charge is 0.252 e. The molecule has 1 amide bonds. The van der Waals surface area contributed by atoms with Gasteiger partial charge < -0.3 is 16.0 Å². The van der Waals surface area contributed by atoms with Crippen LogP contribution in [-0.4, -0.2) is 37.7 Å². The molecule has 0 radical (unpaired) electrons. The Balaban J connectivity index is 1.72. The molecule has 0 atom stereocenters. The molecular weight excluding hydrogens is 472 g/mol. The Morgan fingerprint density at radius 3 is 2.35 bits per heavy atom. The van der Waals surface area contributed by atoms with Crippen LogP contribution in [0.25, 0.3) is 5.95 Å². The number of carbonyl (C=O) groups excluding carboxylic acids is 1. The van der Waals surface area contributed by atoms with Gasteiger partial charge in [-0.3, -0.25) is 4.79 Å². The monoisotopic (exact) mass is 492 g/mol. The third-order valence-electron chi connectivity index (χ3n) is 5.08. The van der Waals surface area contributed by atoms with Crippen LogP contribution in [0.4, 0.5) is 34.5 Å². The minimum Gasteiger partial charge on any atom is -0.371 e. The number of benzene rings is 1. The summed E-state index contributed by atoms with van der Waals surface area (Å²) < 4.78 is 1.30. The zero-order chi connectivity index (χ0) is 26.4. The number of hydrogen-bond acceptors (Lipinski definition) is 11. The first-order valence-electron chi connectivity index (χ1n) is 10.9. The van der Waals surface area contributed by atoms with Gasteiger partial charge in [0.05, 0.1) is 11.8 Å². The minimum atomic E-state index is -0.172. The lowest BCUT2D eigenvalue weighted by atomic mass is 10.1. The highest BCUT2D eigenvalue weighted by Crippen LogP contribution is 2.36. The zero-order valence-corrected chi connectivity index (χ0v) is 20.1. The second-order valence-electron chi connectivity index (χ2n) is 7.56. The Bertz CT molecular complexity index is 1560. The van der Waals surface area contributed by atoms with E-state index in [1.54, 1.807) is 56.7 Å². The molecule has 0 saturated heterocycles. The standard InChI is InChI=1S/C24H20N12O/c1-14-19(12-26)21(32-18-7-5-17(6-8-18)31-15(2)37)33-22(27-3)20(14)34-35-23-16(11-25)13-30-36(23)24-28-9-4-10-29-24/h4-10,13H,1-3H3,(H,31,37)(H2,27,32,33). The van der Waals surface area contributed by atoms with Gasteiger partial charge in [-0.05, 0) is 37.3 Å². The molecule has 0 fully saturated rings. The van der Waals surface area contributed by atoms with Gasteiger partial charge in [-0.15, -0.1) is 10.2 Å². The van der Waals surface area contributed by atoms with E-state index in [2.05, 4.69) is 52.3 Å². The summed E-state index contributed by atoms with van der Waals surface area (Å²) in [6.45, 7) is 3.16. The van der Waals surface area contributed by atoms with Crippen LogP contribution < -0.4 is 16.0 Å². The highest BCUT2D eigenvalue weighted by molar-refractivity contribution is 5.89. The summed E-state index contributed by atoms with van der Waals surface area (Å²) in [5.74, 6) is 0.863. The average molecular weight is 493 g/mol. The van der Waals surface area contributed by atoms with Gasteiger partial charge in [-0.2, -0.15) is 20.3 Å². The van der Waals surface area contributed by atoms with Crippen LogP contribution in [0.5, 0.6) is 0 Å². The molecule has 0 aliphatic heterocycles. The number of aromatic nitrogens is 5. The second-order valence-corrected chi connectivity index (χ2v) is 7.56. The maximum Gasteiger partial charge on any atom is 0.252 e. The van der Waals surface area contributed by atoms with E-state index >= 15 is 0 Å². The van der Waals surface area contributed by atoms with Gasteiger partial charge in [0.2, 0.25) is 5.91 Å². The molecule has 37 heavy (non-hydrogen) atoms. The van der Waals surface area contributed by atoms with Crippen molar-refractivity contribution in [2.45, 2.75) is 13.8 Å². The molecule has 0 bridgehead atoms. The Hall–Kier alpha value is -5.69. The van der Waals surface area contributed by atoms with E-state index < -0.39 is 0 Å². The van der Waals surface area contributed by atoms with E-state index in [4.69, 9.17) is 0 Å². The van der Waals surface area contributed by atoms with Crippen LogP contribution in [0, 0.1) is 29.6 Å². The summed E-state index contributed by atoms with van der Waals surface area (Å²) in [5, 5.41) is 40.9.